The Balaban J connectivity index is 2.00. The van der Waals surface area contributed by atoms with Crippen molar-refractivity contribution in [3.8, 4) is 11.5 Å². The number of methoxy groups -OCH3 is 1. The summed E-state index contributed by atoms with van der Waals surface area (Å²) >= 11 is 0. The first-order valence-electron chi connectivity index (χ1n) is 8.42. The van der Waals surface area contributed by atoms with Gasteiger partial charge in [-0.2, -0.15) is 0 Å². The minimum Gasteiger partial charge on any atom is -0.497 e. The first-order valence-corrected chi connectivity index (χ1v) is 8.42. The molecule has 0 radical (unpaired) electrons. The topological polar surface area (TPSA) is 30.5 Å². The second kappa shape index (κ2) is 7.05. The Bertz CT molecular complexity index is 681. The SMILES string of the molecule is CCOc1ccc2c(c1)CCNC2c1ccc(OC)cc1CC. The highest BCUT2D eigenvalue weighted by Gasteiger charge is 2.23. The fourth-order valence-electron chi connectivity index (χ4n) is 3.37. The van der Waals surface area contributed by atoms with Crippen LogP contribution in [0.1, 0.15) is 42.1 Å². The average molecular weight is 311 g/mol. The summed E-state index contributed by atoms with van der Waals surface area (Å²) in [4.78, 5) is 0. The highest BCUT2D eigenvalue weighted by molar-refractivity contribution is 5.47. The van der Waals surface area contributed by atoms with Crippen LogP contribution in [0.25, 0.3) is 0 Å². The number of rotatable bonds is 5. The van der Waals surface area contributed by atoms with Crippen LogP contribution in [0.2, 0.25) is 0 Å². The van der Waals surface area contributed by atoms with Gasteiger partial charge >= 0.3 is 0 Å². The zero-order chi connectivity index (χ0) is 16.2. The van der Waals surface area contributed by atoms with E-state index in [-0.39, 0.29) is 6.04 Å². The normalized spacial score (nSPS) is 16.7. The Kier molecular flexibility index (Phi) is 4.87. The van der Waals surface area contributed by atoms with E-state index >= 15 is 0 Å². The van der Waals surface area contributed by atoms with Gasteiger partial charge in [-0.15, -0.1) is 0 Å². The van der Waals surface area contributed by atoms with Gasteiger partial charge in [-0.05, 0) is 66.3 Å². The third-order valence-electron chi connectivity index (χ3n) is 4.52. The largest absolute Gasteiger partial charge is 0.497 e. The molecule has 1 aliphatic heterocycles. The summed E-state index contributed by atoms with van der Waals surface area (Å²) in [6.45, 7) is 5.91. The first-order chi connectivity index (χ1) is 11.3. The molecule has 1 atom stereocenters. The van der Waals surface area contributed by atoms with Crippen molar-refractivity contribution in [1.82, 2.24) is 5.32 Å². The van der Waals surface area contributed by atoms with E-state index in [1.54, 1.807) is 7.11 Å². The molecule has 0 spiro atoms. The lowest BCUT2D eigenvalue weighted by molar-refractivity contribution is 0.339. The maximum absolute atomic E-state index is 5.65. The molecule has 0 aromatic heterocycles. The molecule has 1 N–H and O–H groups in total. The zero-order valence-corrected chi connectivity index (χ0v) is 14.2. The number of ether oxygens (including phenoxy) is 2. The van der Waals surface area contributed by atoms with E-state index in [4.69, 9.17) is 9.47 Å². The molecule has 1 unspecified atom stereocenters. The molecule has 2 aromatic rings. The molecule has 3 heteroatoms. The number of benzene rings is 2. The average Bonchev–Trinajstić information content (AvgIpc) is 2.60. The number of hydrogen-bond acceptors (Lipinski definition) is 3. The van der Waals surface area contributed by atoms with Crippen molar-refractivity contribution in [2.75, 3.05) is 20.3 Å². The van der Waals surface area contributed by atoms with E-state index in [9.17, 15) is 0 Å². The molecule has 23 heavy (non-hydrogen) atoms. The Labute approximate surface area is 138 Å². The standard InChI is InChI=1S/C20H25NO2/c1-4-14-12-16(22-3)6-8-18(14)20-19-9-7-17(23-5-2)13-15(19)10-11-21-20/h6-9,12-13,20-21H,4-5,10-11H2,1-3H3. The summed E-state index contributed by atoms with van der Waals surface area (Å²) in [6, 6.07) is 13.1. The van der Waals surface area contributed by atoms with Crippen LogP contribution < -0.4 is 14.8 Å². The first kappa shape index (κ1) is 15.9. The molecular weight excluding hydrogens is 286 g/mol. The van der Waals surface area contributed by atoms with Gasteiger partial charge < -0.3 is 14.8 Å². The highest BCUT2D eigenvalue weighted by Crippen LogP contribution is 2.34. The second-order valence-corrected chi connectivity index (χ2v) is 5.85. The molecule has 0 amide bonds. The molecule has 1 aliphatic rings. The summed E-state index contributed by atoms with van der Waals surface area (Å²) in [7, 11) is 1.72. The molecule has 3 rings (SSSR count). The molecule has 0 fully saturated rings. The van der Waals surface area contributed by atoms with Gasteiger partial charge in [-0.25, -0.2) is 0 Å². The maximum Gasteiger partial charge on any atom is 0.119 e. The van der Waals surface area contributed by atoms with Crippen LogP contribution in [0.15, 0.2) is 36.4 Å². The Morgan fingerprint density at radius 3 is 2.57 bits per heavy atom. The van der Waals surface area contributed by atoms with Crippen LogP contribution in [0.3, 0.4) is 0 Å². The second-order valence-electron chi connectivity index (χ2n) is 5.85. The van der Waals surface area contributed by atoms with Gasteiger partial charge in [0.05, 0.1) is 19.8 Å². The molecule has 0 saturated carbocycles. The summed E-state index contributed by atoms with van der Waals surface area (Å²) < 4.78 is 11.0. The van der Waals surface area contributed by atoms with E-state index < -0.39 is 0 Å². The molecular formula is C20H25NO2. The summed E-state index contributed by atoms with van der Waals surface area (Å²) in [5.74, 6) is 1.89. The Hall–Kier alpha value is -2.00. The van der Waals surface area contributed by atoms with E-state index in [2.05, 4.69) is 48.6 Å². The fourth-order valence-corrected chi connectivity index (χ4v) is 3.37. The smallest absolute Gasteiger partial charge is 0.119 e. The van der Waals surface area contributed by atoms with Crippen LogP contribution in [-0.2, 0) is 12.8 Å². The van der Waals surface area contributed by atoms with E-state index in [1.165, 1.54) is 22.3 Å². The van der Waals surface area contributed by atoms with Gasteiger partial charge in [0.2, 0.25) is 0 Å². The van der Waals surface area contributed by atoms with Crippen molar-refractivity contribution in [1.29, 1.82) is 0 Å². The van der Waals surface area contributed by atoms with Gasteiger partial charge in [0.15, 0.2) is 0 Å². The molecule has 3 nitrogen and oxygen atoms in total. The zero-order valence-electron chi connectivity index (χ0n) is 14.2. The molecule has 0 saturated heterocycles. The van der Waals surface area contributed by atoms with Crippen LogP contribution in [0, 0.1) is 0 Å². The van der Waals surface area contributed by atoms with Crippen LogP contribution in [0.4, 0.5) is 0 Å². The third kappa shape index (κ3) is 3.20. The monoisotopic (exact) mass is 311 g/mol. The number of fused-ring (bicyclic) bond motifs is 1. The number of nitrogens with one attached hydrogen (secondary N) is 1. The molecule has 1 heterocycles. The van der Waals surface area contributed by atoms with Gasteiger partial charge in [0.1, 0.15) is 11.5 Å². The van der Waals surface area contributed by atoms with E-state index in [0.29, 0.717) is 6.61 Å². The van der Waals surface area contributed by atoms with E-state index in [0.717, 1.165) is 30.9 Å². The molecule has 0 bridgehead atoms. The summed E-state index contributed by atoms with van der Waals surface area (Å²) in [5, 5.41) is 3.67. The lowest BCUT2D eigenvalue weighted by atomic mass is 9.87. The van der Waals surface area contributed by atoms with Crippen molar-refractivity contribution in [3.63, 3.8) is 0 Å². The third-order valence-corrected chi connectivity index (χ3v) is 4.52. The minimum atomic E-state index is 0.246. The van der Waals surface area contributed by atoms with Crippen molar-refractivity contribution in [3.05, 3.63) is 58.7 Å². The van der Waals surface area contributed by atoms with Gasteiger partial charge in [0, 0.05) is 6.54 Å². The van der Waals surface area contributed by atoms with Gasteiger partial charge in [0.25, 0.3) is 0 Å². The predicted molar refractivity (Wildman–Crippen MR) is 93.5 cm³/mol. The number of hydrogen-bond donors (Lipinski definition) is 1. The van der Waals surface area contributed by atoms with Crippen LogP contribution >= 0.6 is 0 Å². The van der Waals surface area contributed by atoms with Crippen molar-refractivity contribution in [2.24, 2.45) is 0 Å². The maximum atomic E-state index is 5.65. The lowest BCUT2D eigenvalue weighted by Crippen LogP contribution is -2.31. The molecule has 0 aliphatic carbocycles. The lowest BCUT2D eigenvalue weighted by Gasteiger charge is -2.29. The Morgan fingerprint density at radius 2 is 1.83 bits per heavy atom. The van der Waals surface area contributed by atoms with E-state index in [1.807, 2.05) is 6.92 Å². The Morgan fingerprint density at radius 1 is 1.04 bits per heavy atom. The predicted octanol–water partition coefficient (Wildman–Crippen LogP) is 3.89. The summed E-state index contributed by atoms with van der Waals surface area (Å²) in [6.07, 6.45) is 2.04. The van der Waals surface area contributed by atoms with Crippen molar-refractivity contribution in [2.45, 2.75) is 32.7 Å². The summed E-state index contributed by atoms with van der Waals surface area (Å²) in [5.41, 5.74) is 5.43. The van der Waals surface area contributed by atoms with Crippen molar-refractivity contribution >= 4 is 0 Å². The van der Waals surface area contributed by atoms with Crippen molar-refractivity contribution < 1.29 is 9.47 Å². The fraction of sp³-hybridized carbons (Fsp3) is 0.400. The number of aryl methyl sites for hydroxylation is 1. The van der Waals surface area contributed by atoms with Crippen LogP contribution in [0.5, 0.6) is 11.5 Å². The highest BCUT2D eigenvalue weighted by atomic mass is 16.5. The minimum absolute atomic E-state index is 0.246. The molecule has 122 valence electrons. The van der Waals surface area contributed by atoms with Gasteiger partial charge in [-0.1, -0.05) is 19.1 Å². The van der Waals surface area contributed by atoms with Crippen LogP contribution in [-0.4, -0.2) is 20.3 Å². The van der Waals surface area contributed by atoms with Gasteiger partial charge in [-0.3, -0.25) is 0 Å². The quantitative estimate of drug-likeness (QED) is 0.908. The molecule has 2 aromatic carbocycles.